The minimum Gasteiger partial charge on any atom is -0.412 e. The molecule has 232 valence electrons. The first-order valence-electron chi connectivity index (χ1n) is 14.0. The first-order valence-corrected chi connectivity index (χ1v) is 16.3. The molecule has 2 aromatic heterocycles. The van der Waals surface area contributed by atoms with Crippen molar-refractivity contribution in [3.63, 3.8) is 0 Å². The van der Waals surface area contributed by atoms with E-state index in [1.165, 1.54) is 22.1 Å². The zero-order valence-corrected chi connectivity index (χ0v) is 26.3. The van der Waals surface area contributed by atoms with Crippen molar-refractivity contribution in [3.05, 3.63) is 71.0 Å². The van der Waals surface area contributed by atoms with Crippen LogP contribution in [-0.4, -0.2) is 98.4 Å². The van der Waals surface area contributed by atoms with Crippen molar-refractivity contribution in [2.45, 2.75) is 19.5 Å². The van der Waals surface area contributed by atoms with Gasteiger partial charge in [-0.25, -0.2) is 4.57 Å². The van der Waals surface area contributed by atoms with E-state index in [-0.39, 0.29) is 5.48 Å². The Bertz CT molecular complexity index is 1460. The Hall–Kier alpha value is -2.57. The predicted octanol–water partition coefficient (Wildman–Crippen LogP) is 4.02. The van der Waals surface area contributed by atoms with E-state index >= 15 is 0 Å². The van der Waals surface area contributed by atoms with Crippen molar-refractivity contribution in [1.29, 1.82) is 0 Å². The van der Waals surface area contributed by atoms with Crippen LogP contribution in [0.15, 0.2) is 60.9 Å². The second kappa shape index (κ2) is 14.5. The summed E-state index contributed by atoms with van der Waals surface area (Å²) < 4.78 is 8.88. The zero-order valence-electron chi connectivity index (χ0n) is 23.9. The molecular weight excluding hydrogens is 614 g/mol. The Labute approximate surface area is 260 Å². The van der Waals surface area contributed by atoms with Crippen molar-refractivity contribution in [2.24, 2.45) is 0 Å². The minimum absolute atomic E-state index is 0. The monoisotopic (exact) mass is 650 g/mol. The first-order chi connectivity index (χ1) is 20.1. The Morgan fingerprint density at radius 2 is 1.09 bits per heavy atom. The van der Waals surface area contributed by atoms with Gasteiger partial charge in [0.2, 0.25) is 0 Å². The van der Waals surface area contributed by atoms with Crippen molar-refractivity contribution < 1.29 is 24.7 Å². The lowest BCUT2D eigenvalue weighted by Gasteiger charge is -2.47. The largest absolute Gasteiger partial charge is 0.466 e. The number of hydrogen-bond donors (Lipinski definition) is 3. The molecule has 0 unspecified atom stereocenters. The van der Waals surface area contributed by atoms with E-state index in [2.05, 4.69) is 60.8 Å². The average molecular weight is 652 g/mol. The topological polar surface area (TPSA) is 148 Å². The molecule has 0 spiro atoms. The molecule has 11 nitrogen and oxygen atoms in total. The van der Waals surface area contributed by atoms with Gasteiger partial charge in [-0.1, -0.05) is 30.1 Å². The van der Waals surface area contributed by atoms with Gasteiger partial charge >= 0.3 is 7.82 Å². The quantitative estimate of drug-likeness (QED) is 0.271. The van der Waals surface area contributed by atoms with Gasteiger partial charge < -0.3 is 30.0 Å². The molecule has 0 amide bonds. The summed E-state index contributed by atoms with van der Waals surface area (Å²) in [6.07, 6.45) is 5.41. The van der Waals surface area contributed by atoms with Crippen LogP contribution in [0.3, 0.4) is 0 Å². The molecule has 14 heteroatoms. The number of pyridine rings is 2. The molecule has 43 heavy (non-hydrogen) atoms. The summed E-state index contributed by atoms with van der Waals surface area (Å²) in [6, 6.07) is 16.3. The summed E-state index contributed by atoms with van der Waals surface area (Å²) in [5.74, 6) is 0. The van der Waals surface area contributed by atoms with Gasteiger partial charge in [0.15, 0.2) is 0 Å². The maximum Gasteiger partial charge on any atom is 0.466 e. The molecule has 4 aromatic rings. The van der Waals surface area contributed by atoms with Crippen LogP contribution in [0.5, 0.6) is 0 Å². The van der Waals surface area contributed by atoms with E-state index in [9.17, 15) is 0 Å². The maximum absolute atomic E-state index is 8.88. The number of benzene rings is 2. The van der Waals surface area contributed by atoms with Gasteiger partial charge in [0.25, 0.3) is 0 Å². The van der Waals surface area contributed by atoms with Crippen LogP contribution in [0.2, 0.25) is 10.0 Å². The molecule has 0 radical (unpaired) electrons. The summed E-state index contributed by atoms with van der Waals surface area (Å²) in [7, 11) is -4.64. The highest BCUT2D eigenvalue weighted by molar-refractivity contribution is 7.45. The van der Waals surface area contributed by atoms with Crippen LogP contribution in [0.4, 0.5) is 11.4 Å². The Kier molecular flexibility index (Phi) is 11.2. The van der Waals surface area contributed by atoms with E-state index < -0.39 is 7.82 Å². The van der Waals surface area contributed by atoms with Gasteiger partial charge in [-0.3, -0.25) is 19.8 Å². The van der Waals surface area contributed by atoms with E-state index in [1.54, 1.807) is 0 Å². The Balaban J connectivity index is 0.000000654. The van der Waals surface area contributed by atoms with Crippen molar-refractivity contribution in [3.8, 4) is 0 Å². The molecule has 2 aromatic carbocycles. The number of rotatable bonds is 5. The summed E-state index contributed by atoms with van der Waals surface area (Å²) in [4.78, 5) is 41.0. The van der Waals surface area contributed by atoms with Crippen LogP contribution < -0.4 is 9.80 Å². The summed E-state index contributed by atoms with van der Waals surface area (Å²) >= 11 is 12.4. The molecule has 0 saturated carbocycles. The standard InChI is InChI=1S/C29H32Cl2N6.H3O4P.H2O/c1-2-29(36-15-11-34(12-16-36)27-7-9-32-25-19-21(30)3-5-23(25)27)37-17-13-35(14-18-37)28-8-10-33-26-20-22(31)4-6-24(26)28;1-5(2,3)4;/h3-10,19-20,29H,2,11-18H2,1H3;(H3,1,2,3,4);1H2. The molecule has 0 aliphatic carbocycles. The third-order valence-electron chi connectivity index (χ3n) is 7.88. The van der Waals surface area contributed by atoms with E-state index in [0.717, 1.165) is 79.9 Å². The number of halogens is 2. The van der Waals surface area contributed by atoms with E-state index in [0.29, 0.717) is 6.17 Å². The number of phosphoric acid groups is 1. The second-order valence-electron chi connectivity index (χ2n) is 10.4. The zero-order chi connectivity index (χ0) is 29.9. The van der Waals surface area contributed by atoms with Crippen LogP contribution in [0.25, 0.3) is 21.8 Å². The smallest absolute Gasteiger partial charge is 0.412 e. The maximum atomic E-state index is 8.88. The van der Waals surface area contributed by atoms with Crippen molar-refractivity contribution in [2.75, 3.05) is 62.2 Å². The molecule has 4 heterocycles. The normalized spacial score (nSPS) is 16.7. The Morgan fingerprint density at radius 1 is 0.721 bits per heavy atom. The fourth-order valence-electron chi connectivity index (χ4n) is 6.03. The van der Waals surface area contributed by atoms with Gasteiger partial charge in [0.1, 0.15) is 0 Å². The summed E-state index contributed by atoms with van der Waals surface area (Å²) in [5.41, 5.74) is 4.44. The molecular formula is C29H37Cl2N6O5P. The number of fused-ring (bicyclic) bond motifs is 2. The molecule has 6 rings (SSSR count). The second-order valence-corrected chi connectivity index (χ2v) is 12.3. The molecule has 0 atom stereocenters. The third-order valence-corrected chi connectivity index (χ3v) is 8.35. The fraction of sp³-hybridized carbons (Fsp3) is 0.379. The van der Waals surface area contributed by atoms with E-state index in [4.69, 9.17) is 42.4 Å². The van der Waals surface area contributed by atoms with Crippen molar-refractivity contribution >= 4 is 64.2 Å². The van der Waals surface area contributed by atoms with Gasteiger partial charge in [-0.2, -0.15) is 0 Å². The van der Waals surface area contributed by atoms with Gasteiger partial charge in [-0.15, -0.1) is 0 Å². The van der Waals surface area contributed by atoms with Crippen LogP contribution in [0.1, 0.15) is 13.3 Å². The summed E-state index contributed by atoms with van der Waals surface area (Å²) in [5, 5.41) is 3.81. The van der Waals surface area contributed by atoms with Crippen LogP contribution in [-0.2, 0) is 4.57 Å². The molecule has 2 saturated heterocycles. The number of hydrogen-bond acceptors (Lipinski definition) is 7. The predicted molar refractivity (Wildman–Crippen MR) is 173 cm³/mol. The van der Waals surface area contributed by atoms with Gasteiger partial charge in [0.05, 0.1) is 17.2 Å². The summed E-state index contributed by atoms with van der Waals surface area (Å²) in [6.45, 7) is 10.6. The highest BCUT2D eigenvalue weighted by Gasteiger charge is 2.30. The molecule has 2 aliphatic heterocycles. The number of anilines is 2. The molecule has 5 N–H and O–H groups in total. The highest BCUT2D eigenvalue weighted by Crippen LogP contribution is 2.31. The van der Waals surface area contributed by atoms with Crippen LogP contribution in [0, 0.1) is 0 Å². The molecule has 2 aliphatic rings. The van der Waals surface area contributed by atoms with Crippen LogP contribution >= 0.6 is 31.0 Å². The first kappa shape index (κ1) is 33.3. The minimum atomic E-state index is -4.64. The SMILES string of the molecule is CCC(N1CCN(c2ccnc3cc(Cl)ccc23)CC1)N1CCN(c2ccnc3cc(Cl)ccc23)CC1.O.O=P(O)(O)O. The highest BCUT2D eigenvalue weighted by atomic mass is 35.5. The van der Waals surface area contributed by atoms with E-state index in [1.807, 2.05) is 36.7 Å². The lowest BCUT2D eigenvalue weighted by molar-refractivity contribution is 0.0312. The number of piperazine rings is 2. The number of aromatic nitrogens is 2. The Morgan fingerprint density at radius 3 is 1.44 bits per heavy atom. The lowest BCUT2D eigenvalue weighted by Crippen LogP contribution is -2.59. The molecule has 2 fully saturated rings. The third kappa shape index (κ3) is 8.33. The average Bonchev–Trinajstić information content (AvgIpc) is 2.96. The van der Waals surface area contributed by atoms with Gasteiger partial charge in [-0.05, 0) is 55.0 Å². The fourth-order valence-corrected chi connectivity index (χ4v) is 6.37. The van der Waals surface area contributed by atoms with Crippen molar-refractivity contribution in [1.82, 2.24) is 19.8 Å². The van der Waals surface area contributed by atoms with Gasteiger partial charge in [0, 0.05) is 96.9 Å². The lowest BCUT2D eigenvalue weighted by atomic mass is 10.1. The molecule has 0 bridgehead atoms. The number of nitrogens with zero attached hydrogens (tertiary/aromatic N) is 6.